The molecule has 0 aromatic heterocycles. The Morgan fingerprint density at radius 3 is 0.895 bits per heavy atom. The molecule has 0 radical (unpaired) electrons. The van der Waals surface area contributed by atoms with Gasteiger partial charge in [0.25, 0.3) is 6.29 Å². The maximum Gasteiger partial charge on any atom is 0.361 e. The van der Waals surface area contributed by atoms with E-state index in [-0.39, 0.29) is 32.2 Å². The van der Waals surface area contributed by atoms with E-state index in [4.69, 9.17) is 18.9 Å². The second-order valence-electron chi connectivity index (χ2n) is 27.6. The SMILES string of the molecule is CC/C=C\C/C=C\C/C=C\C/C=C\C/C=C\C/C=C\C/C=C\C/C=C\CCCCCCCCCCC(=O)OC(COC(=O)CCCCCCCCCCCCCCCCCCCCCCCCCCC/C=C\C/C=C\CCCCCCC)COC(OCC[N+](C)(C)C)C(=O)O. The van der Waals surface area contributed by atoms with E-state index in [0.29, 0.717) is 23.9 Å². The molecule has 95 heavy (non-hydrogen) atoms. The van der Waals surface area contributed by atoms with Crippen LogP contribution >= 0.6 is 0 Å². The van der Waals surface area contributed by atoms with Gasteiger partial charge in [-0.05, 0) is 109 Å². The van der Waals surface area contributed by atoms with E-state index >= 15 is 0 Å². The minimum Gasteiger partial charge on any atom is -0.477 e. The molecule has 0 aromatic carbocycles. The van der Waals surface area contributed by atoms with E-state index in [0.717, 1.165) is 103 Å². The summed E-state index contributed by atoms with van der Waals surface area (Å²) in [5, 5.41) is 9.77. The summed E-state index contributed by atoms with van der Waals surface area (Å²) in [5.74, 6) is -2.01. The van der Waals surface area contributed by atoms with Crippen LogP contribution in [-0.4, -0.2) is 87.4 Å². The normalized spacial score (nSPS) is 13.3. The summed E-state index contributed by atoms with van der Waals surface area (Å²) in [7, 11) is 5.98. The van der Waals surface area contributed by atoms with Gasteiger partial charge in [-0.1, -0.05) is 347 Å². The summed E-state index contributed by atoms with van der Waals surface area (Å²) in [6.45, 7) is 4.77. The van der Waals surface area contributed by atoms with E-state index in [1.165, 1.54) is 212 Å². The Kier molecular flexibility index (Phi) is 72.0. The lowest BCUT2D eigenvalue weighted by Gasteiger charge is -2.25. The van der Waals surface area contributed by atoms with Gasteiger partial charge in [0.15, 0.2) is 6.10 Å². The number of quaternary nitrogens is 1. The summed E-state index contributed by atoms with van der Waals surface area (Å²) < 4.78 is 23.0. The van der Waals surface area contributed by atoms with Gasteiger partial charge >= 0.3 is 17.9 Å². The van der Waals surface area contributed by atoms with E-state index in [1.807, 2.05) is 21.1 Å². The Bertz CT molecular complexity index is 1980. The number of carboxylic acid groups (broad SMARTS) is 1. The molecule has 0 fully saturated rings. The molecule has 9 nitrogen and oxygen atoms in total. The molecule has 0 saturated carbocycles. The highest BCUT2D eigenvalue weighted by Gasteiger charge is 2.25. The number of allylic oxidation sites excluding steroid dienone is 20. The standard InChI is InChI=1S/C86H149NO8/c1-6-8-10-12-14-16-18-20-22-24-26-28-30-32-34-36-38-40-41-42-43-45-46-48-50-52-54-56-58-60-62-64-66-68-70-72-74-76-83(88)93-80-82(81-94-86(85(90)91)92-79-78-87(3,4)5)95-84(89)77-75-73-71-69-67-65-63-61-59-57-55-53-51-49-47-44-39-37-35-33-31-29-27-25-23-21-19-17-15-13-11-9-7-2/h9,11,15,17-18,20-21,23-24,26-27,29,33,35,39,44,49,51,55,57,82,86H,6-8,10,12-14,16,19,22,25,28,30-32,34,36-38,40-43,45-48,50,52-54,56,58-81H2,1-5H3/p+1/b11-9-,17-15-,20-18-,23-21-,26-24-,29-27-,35-33-,44-39-,51-49-,57-55-. The van der Waals surface area contributed by atoms with Gasteiger partial charge in [0.05, 0.1) is 34.4 Å². The molecule has 0 bridgehead atoms. The molecular weight excluding hydrogens is 1170 g/mol. The van der Waals surface area contributed by atoms with Crippen LogP contribution in [0.3, 0.4) is 0 Å². The second-order valence-corrected chi connectivity index (χ2v) is 27.6. The van der Waals surface area contributed by atoms with Crippen LogP contribution in [0.2, 0.25) is 0 Å². The first-order chi connectivity index (χ1) is 46.6. The molecule has 0 aliphatic rings. The molecule has 0 saturated heterocycles. The lowest BCUT2D eigenvalue weighted by atomic mass is 10.0. The lowest BCUT2D eigenvalue weighted by Crippen LogP contribution is -2.40. The van der Waals surface area contributed by atoms with E-state index < -0.39 is 24.3 Å². The highest BCUT2D eigenvalue weighted by Crippen LogP contribution is 2.18. The number of carbonyl (C=O) groups is 3. The van der Waals surface area contributed by atoms with Crippen LogP contribution in [0.4, 0.5) is 0 Å². The number of esters is 2. The van der Waals surface area contributed by atoms with Crippen molar-refractivity contribution in [3.8, 4) is 0 Å². The van der Waals surface area contributed by atoms with Crippen LogP contribution in [0.15, 0.2) is 122 Å². The number of nitrogens with zero attached hydrogens (tertiary/aromatic N) is 1. The Hall–Kier alpha value is -4.31. The Labute approximate surface area is 587 Å². The number of unbranched alkanes of at least 4 members (excludes halogenated alkanes) is 38. The number of carboxylic acids is 1. The number of ether oxygens (including phenoxy) is 4. The van der Waals surface area contributed by atoms with Gasteiger partial charge in [0.2, 0.25) is 0 Å². The zero-order valence-electron chi connectivity index (χ0n) is 62.6. The fourth-order valence-electron chi connectivity index (χ4n) is 11.2. The second kappa shape index (κ2) is 75.5. The van der Waals surface area contributed by atoms with Crippen molar-refractivity contribution in [1.29, 1.82) is 0 Å². The highest BCUT2D eigenvalue weighted by molar-refractivity contribution is 5.71. The smallest absolute Gasteiger partial charge is 0.361 e. The van der Waals surface area contributed by atoms with Crippen molar-refractivity contribution in [2.45, 2.75) is 360 Å². The zero-order chi connectivity index (χ0) is 69.0. The Morgan fingerprint density at radius 2 is 0.600 bits per heavy atom. The van der Waals surface area contributed by atoms with Crippen molar-refractivity contribution in [1.82, 2.24) is 0 Å². The summed E-state index contributed by atoms with van der Waals surface area (Å²) in [5.41, 5.74) is 0. The van der Waals surface area contributed by atoms with Gasteiger partial charge < -0.3 is 28.5 Å². The van der Waals surface area contributed by atoms with Crippen molar-refractivity contribution in [2.75, 3.05) is 47.5 Å². The lowest BCUT2D eigenvalue weighted by molar-refractivity contribution is -0.870. The van der Waals surface area contributed by atoms with E-state index in [2.05, 4.69) is 135 Å². The quantitative estimate of drug-likeness (QED) is 0.0211. The minimum absolute atomic E-state index is 0.182. The number of carbonyl (C=O) groups excluding carboxylic acids is 2. The topological polar surface area (TPSA) is 108 Å². The minimum atomic E-state index is -1.52. The van der Waals surface area contributed by atoms with Crippen LogP contribution in [0.1, 0.15) is 348 Å². The van der Waals surface area contributed by atoms with Crippen molar-refractivity contribution in [3.05, 3.63) is 122 Å². The summed E-state index contributed by atoms with van der Waals surface area (Å²) in [6, 6.07) is 0. The molecule has 2 unspecified atom stereocenters. The fraction of sp³-hybridized carbons (Fsp3) is 0.733. The molecule has 0 aromatic rings. The highest BCUT2D eigenvalue weighted by atomic mass is 16.7. The zero-order valence-corrected chi connectivity index (χ0v) is 62.6. The predicted molar refractivity (Wildman–Crippen MR) is 410 cm³/mol. The van der Waals surface area contributed by atoms with Crippen LogP contribution in [0.5, 0.6) is 0 Å². The average Bonchev–Trinajstić information content (AvgIpc) is 3.75. The van der Waals surface area contributed by atoms with Crippen molar-refractivity contribution in [2.24, 2.45) is 0 Å². The molecular formula is C86H150NO8+. The molecule has 0 rings (SSSR count). The molecule has 0 amide bonds. The summed E-state index contributed by atoms with van der Waals surface area (Å²) in [6.07, 6.45) is 105. The first kappa shape index (κ1) is 90.7. The maximum absolute atomic E-state index is 13.0. The number of rotatable bonds is 73. The van der Waals surface area contributed by atoms with Crippen LogP contribution < -0.4 is 0 Å². The van der Waals surface area contributed by atoms with Crippen LogP contribution in [-0.2, 0) is 33.3 Å². The molecule has 546 valence electrons. The summed E-state index contributed by atoms with van der Waals surface area (Å²) in [4.78, 5) is 37.7. The average molecular weight is 1330 g/mol. The van der Waals surface area contributed by atoms with Gasteiger partial charge in [-0.15, -0.1) is 0 Å². The molecule has 0 aliphatic carbocycles. The van der Waals surface area contributed by atoms with E-state index in [1.54, 1.807) is 0 Å². The third-order valence-electron chi connectivity index (χ3n) is 17.2. The summed E-state index contributed by atoms with van der Waals surface area (Å²) >= 11 is 0. The number of hydrogen-bond donors (Lipinski definition) is 1. The van der Waals surface area contributed by atoms with Gasteiger partial charge in [-0.2, -0.15) is 0 Å². The largest absolute Gasteiger partial charge is 0.477 e. The molecule has 0 spiro atoms. The maximum atomic E-state index is 13.0. The number of likely N-dealkylation sites (N-methyl/N-ethyl adjacent to an activating group) is 1. The van der Waals surface area contributed by atoms with Crippen LogP contribution in [0.25, 0.3) is 0 Å². The van der Waals surface area contributed by atoms with Crippen molar-refractivity contribution in [3.63, 3.8) is 0 Å². The van der Waals surface area contributed by atoms with Gasteiger partial charge in [-0.25, -0.2) is 4.79 Å². The third-order valence-corrected chi connectivity index (χ3v) is 17.2. The number of hydrogen-bond acceptors (Lipinski definition) is 7. The van der Waals surface area contributed by atoms with E-state index in [9.17, 15) is 19.5 Å². The molecule has 9 heteroatoms. The van der Waals surface area contributed by atoms with Gasteiger partial charge in [-0.3, -0.25) is 9.59 Å². The third kappa shape index (κ3) is 76.9. The Balaban J connectivity index is 4.06. The van der Waals surface area contributed by atoms with Gasteiger partial charge in [0.1, 0.15) is 13.2 Å². The molecule has 0 heterocycles. The number of aliphatic carboxylic acids is 1. The van der Waals surface area contributed by atoms with Crippen LogP contribution in [0, 0.1) is 0 Å². The Morgan fingerprint density at radius 1 is 0.326 bits per heavy atom. The first-order valence-corrected chi connectivity index (χ1v) is 39.7. The molecule has 1 N–H and O–H groups in total. The van der Waals surface area contributed by atoms with Gasteiger partial charge in [0, 0.05) is 12.8 Å². The monoisotopic (exact) mass is 1330 g/mol. The molecule has 2 atom stereocenters. The van der Waals surface area contributed by atoms with Crippen molar-refractivity contribution < 1.29 is 42.9 Å². The fourth-order valence-corrected chi connectivity index (χ4v) is 11.2. The molecule has 0 aliphatic heterocycles. The predicted octanol–water partition coefficient (Wildman–Crippen LogP) is 25.5. The van der Waals surface area contributed by atoms with Crippen molar-refractivity contribution >= 4 is 17.9 Å². The first-order valence-electron chi connectivity index (χ1n) is 39.7.